The maximum Gasteiger partial charge on any atom is 0.125 e. The fourth-order valence-electron chi connectivity index (χ4n) is 5.09. The molecule has 0 aliphatic carbocycles. The summed E-state index contributed by atoms with van der Waals surface area (Å²) in [6.07, 6.45) is 4.95. The first kappa shape index (κ1) is 23.7. The largest absolute Gasteiger partial charge is 0.328 e. The van der Waals surface area contributed by atoms with Crippen LogP contribution in [-0.4, -0.2) is 61.9 Å². The lowest BCUT2D eigenvalue weighted by molar-refractivity contribution is 0.126. The highest BCUT2D eigenvalue weighted by Crippen LogP contribution is 2.22. The number of nitrogens with zero attached hydrogens (tertiary/aromatic N) is 6. The molecule has 0 amide bonds. The molecule has 6 nitrogen and oxygen atoms in total. The summed E-state index contributed by atoms with van der Waals surface area (Å²) in [5, 5.41) is 4.44. The highest BCUT2D eigenvalue weighted by Gasteiger charge is 2.18. The third kappa shape index (κ3) is 5.31. The summed E-state index contributed by atoms with van der Waals surface area (Å²) in [4.78, 5) is 10.2. The van der Waals surface area contributed by atoms with E-state index in [0.29, 0.717) is 6.42 Å². The number of imidazole rings is 1. The molecule has 3 heterocycles. The maximum atomic E-state index is 13.8. The van der Waals surface area contributed by atoms with Crippen molar-refractivity contribution in [3.8, 4) is 5.69 Å². The van der Waals surface area contributed by atoms with Gasteiger partial charge in [0.25, 0.3) is 0 Å². The van der Waals surface area contributed by atoms with Crippen LogP contribution in [0, 0.1) is 5.82 Å². The number of aryl methyl sites for hydroxylation is 1. The van der Waals surface area contributed by atoms with Crippen molar-refractivity contribution in [2.45, 2.75) is 46.2 Å². The fraction of sp³-hybridized carbons (Fsp3) is 0.429. The number of aromatic nitrogens is 4. The van der Waals surface area contributed by atoms with Gasteiger partial charge in [-0.2, -0.15) is 5.10 Å². The number of rotatable bonds is 9. The minimum absolute atomic E-state index is 0.264. The molecular formula is C28H35FN6. The molecular weight excluding hydrogens is 439 g/mol. The molecule has 1 aliphatic rings. The summed E-state index contributed by atoms with van der Waals surface area (Å²) in [5.41, 5.74) is 5.23. The van der Waals surface area contributed by atoms with Crippen molar-refractivity contribution in [3.63, 3.8) is 0 Å². The van der Waals surface area contributed by atoms with Gasteiger partial charge in [0, 0.05) is 51.9 Å². The van der Waals surface area contributed by atoms with Gasteiger partial charge in [0.05, 0.1) is 22.4 Å². The number of unbranched alkanes of at least 4 members (excludes halogenated alkanes) is 1. The Bertz CT molecular complexity index is 1270. The average Bonchev–Trinajstić information content (AvgIpc) is 3.47. The number of hydrogen-bond donors (Lipinski definition) is 0. The van der Waals surface area contributed by atoms with Crippen LogP contribution in [0.15, 0.2) is 54.7 Å². The lowest BCUT2D eigenvalue weighted by atomic mass is 10.1. The van der Waals surface area contributed by atoms with Crippen LogP contribution in [0.2, 0.25) is 0 Å². The van der Waals surface area contributed by atoms with E-state index in [1.165, 1.54) is 37.1 Å². The lowest BCUT2D eigenvalue weighted by Crippen LogP contribution is -2.46. The number of halogens is 1. The molecule has 0 N–H and O–H groups in total. The summed E-state index contributed by atoms with van der Waals surface area (Å²) < 4.78 is 17.9. The van der Waals surface area contributed by atoms with Gasteiger partial charge in [0.15, 0.2) is 0 Å². The van der Waals surface area contributed by atoms with E-state index in [4.69, 9.17) is 4.98 Å². The van der Waals surface area contributed by atoms with Crippen molar-refractivity contribution in [2.75, 3.05) is 32.7 Å². The van der Waals surface area contributed by atoms with Crippen molar-refractivity contribution in [3.05, 3.63) is 77.6 Å². The van der Waals surface area contributed by atoms with E-state index >= 15 is 0 Å². The normalized spacial score (nSPS) is 15.3. The summed E-state index contributed by atoms with van der Waals surface area (Å²) in [6, 6.07) is 15.2. The van der Waals surface area contributed by atoms with Crippen LogP contribution < -0.4 is 0 Å². The Kier molecular flexibility index (Phi) is 7.25. The van der Waals surface area contributed by atoms with Crippen LogP contribution in [0.3, 0.4) is 0 Å². The first-order valence-corrected chi connectivity index (χ1v) is 12.9. The fourth-order valence-corrected chi connectivity index (χ4v) is 5.09. The molecule has 5 rings (SSSR count). The van der Waals surface area contributed by atoms with Gasteiger partial charge in [-0.25, -0.2) is 14.1 Å². The van der Waals surface area contributed by atoms with Gasteiger partial charge in [0.1, 0.15) is 11.6 Å². The van der Waals surface area contributed by atoms with Crippen molar-refractivity contribution >= 4 is 11.0 Å². The molecule has 0 unspecified atom stereocenters. The lowest BCUT2D eigenvalue weighted by Gasteiger charge is -2.34. The van der Waals surface area contributed by atoms with Crippen LogP contribution in [0.1, 0.15) is 43.8 Å². The summed E-state index contributed by atoms with van der Waals surface area (Å²) in [5.74, 6) is 0.738. The third-order valence-electron chi connectivity index (χ3n) is 7.02. The maximum absolute atomic E-state index is 13.8. The Hall–Kier alpha value is -3.03. The van der Waals surface area contributed by atoms with E-state index in [0.717, 1.165) is 67.5 Å². The van der Waals surface area contributed by atoms with Crippen LogP contribution in [-0.2, 0) is 19.5 Å². The molecule has 7 heteroatoms. The molecule has 184 valence electrons. The Morgan fingerprint density at radius 2 is 1.77 bits per heavy atom. The van der Waals surface area contributed by atoms with Crippen LogP contribution in [0.25, 0.3) is 16.7 Å². The molecule has 1 saturated heterocycles. The zero-order valence-electron chi connectivity index (χ0n) is 20.8. The topological polar surface area (TPSA) is 42.1 Å². The number of hydrogen-bond acceptors (Lipinski definition) is 4. The monoisotopic (exact) mass is 474 g/mol. The molecule has 0 spiro atoms. The van der Waals surface area contributed by atoms with Crippen molar-refractivity contribution in [1.29, 1.82) is 0 Å². The molecule has 0 radical (unpaired) electrons. The van der Waals surface area contributed by atoms with Gasteiger partial charge in [-0.3, -0.25) is 4.90 Å². The molecule has 35 heavy (non-hydrogen) atoms. The number of fused-ring (bicyclic) bond motifs is 1. The Morgan fingerprint density at radius 1 is 0.943 bits per heavy atom. The summed E-state index contributed by atoms with van der Waals surface area (Å²) in [6.45, 7) is 12.0. The molecule has 2 aromatic carbocycles. The van der Waals surface area contributed by atoms with Crippen molar-refractivity contribution in [2.24, 2.45) is 0 Å². The molecule has 1 aliphatic heterocycles. The van der Waals surface area contributed by atoms with Crippen molar-refractivity contribution < 1.29 is 4.39 Å². The summed E-state index contributed by atoms with van der Waals surface area (Å²) >= 11 is 0. The van der Waals surface area contributed by atoms with Crippen LogP contribution >= 0.6 is 0 Å². The number of piperazine rings is 1. The van der Waals surface area contributed by atoms with Gasteiger partial charge in [-0.05, 0) is 61.9 Å². The van der Waals surface area contributed by atoms with Crippen LogP contribution in [0.5, 0.6) is 0 Å². The summed E-state index contributed by atoms with van der Waals surface area (Å²) in [7, 11) is 0. The Morgan fingerprint density at radius 3 is 2.54 bits per heavy atom. The minimum atomic E-state index is -0.264. The van der Waals surface area contributed by atoms with E-state index in [1.807, 2.05) is 12.1 Å². The van der Waals surface area contributed by atoms with Gasteiger partial charge in [0.2, 0.25) is 0 Å². The zero-order chi connectivity index (χ0) is 24.2. The Labute approximate surface area is 207 Å². The molecule has 2 aromatic heterocycles. The Balaban J connectivity index is 1.33. The second-order valence-electron chi connectivity index (χ2n) is 9.46. The van der Waals surface area contributed by atoms with Gasteiger partial charge in [-0.15, -0.1) is 0 Å². The predicted molar refractivity (Wildman–Crippen MR) is 138 cm³/mol. The third-order valence-corrected chi connectivity index (χ3v) is 7.02. The molecule has 4 aromatic rings. The number of benzene rings is 2. The average molecular weight is 475 g/mol. The van der Waals surface area contributed by atoms with Gasteiger partial charge in [-0.1, -0.05) is 25.5 Å². The first-order chi connectivity index (χ1) is 17.1. The second kappa shape index (κ2) is 10.7. The van der Waals surface area contributed by atoms with Crippen molar-refractivity contribution in [1.82, 2.24) is 29.1 Å². The molecule has 0 saturated carbocycles. The van der Waals surface area contributed by atoms with Crippen LogP contribution in [0.4, 0.5) is 4.39 Å². The van der Waals surface area contributed by atoms with E-state index in [2.05, 4.69) is 51.5 Å². The first-order valence-electron chi connectivity index (χ1n) is 12.9. The van der Waals surface area contributed by atoms with E-state index in [1.54, 1.807) is 16.9 Å². The standard InChI is InChI=1S/C28H35FN6/c1-3-5-13-32-14-16-33(17-15-32)21-22-9-10-27-26(18-22)31-28(34(27)4-2)20-25-11-12-30-35(25)24-8-6-7-23(29)19-24/h6-12,18-19H,3-5,13-17,20-21H2,1-2H3. The van der Waals surface area contributed by atoms with Gasteiger partial charge >= 0.3 is 0 Å². The van der Waals surface area contributed by atoms with E-state index in [-0.39, 0.29) is 5.82 Å². The SMILES string of the molecule is CCCCN1CCN(Cc2ccc3c(c2)nc(Cc2ccnn2-c2cccc(F)c2)n3CC)CC1. The predicted octanol–water partition coefficient (Wildman–Crippen LogP) is 4.89. The molecule has 0 bridgehead atoms. The highest BCUT2D eigenvalue weighted by molar-refractivity contribution is 5.77. The van der Waals surface area contributed by atoms with E-state index < -0.39 is 0 Å². The minimum Gasteiger partial charge on any atom is -0.328 e. The molecule has 0 atom stereocenters. The van der Waals surface area contributed by atoms with E-state index in [9.17, 15) is 4.39 Å². The smallest absolute Gasteiger partial charge is 0.125 e. The van der Waals surface area contributed by atoms with Gasteiger partial charge < -0.3 is 9.47 Å². The quantitative estimate of drug-likeness (QED) is 0.346. The highest BCUT2D eigenvalue weighted by atomic mass is 19.1. The second-order valence-corrected chi connectivity index (χ2v) is 9.46. The zero-order valence-corrected chi connectivity index (χ0v) is 20.8. The molecule has 1 fully saturated rings.